The number of hydrogen-bond acceptors (Lipinski definition) is 3. The zero-order valence-corrected chi connectivity index (χ0v) is 32.1. The second kappa shape index (κ2) is 11.7. The van der Waals surface area contributed by atoms with E-state index in [-0.39, 0.29) is 11.3 Å². The quantitative estimate of drug-likeness (QED) is 0.168. The molecule has 2 heterocycles. The lowest BCUT2D eigenvalue weighted by molar-refractivity contribution is -0.0446. The summed E-state index contributed by atoms with van der Waals surface area (Å²) in [5.74, 6) is 2.36. The highest BCUT2D eigenvalue weighted by Gasteiger charge is 2.62. The number of rotatable bonds is 4. The predicted octanol–water partition coefficient (Wildman–Crippen LogP) is 12.9. The van der Waals surface area contributed by atoms with Gasteiger partial charge in [0.05, 0.1) is 9.79 Å². The molecule has 55 heavy (non-hydrogen) atoms. The van der Waals surface area contributed by atoms with Gasteiger partial charge in [0.2, 0.25) is 9.84 Å². The molecule has 1 aromatic heterocycles. The summed E-state index contributed by atoms with van der Waals surface area (Å²) in [5.41, 5.74) is 7.62. The molecule has 4 fully saturated rings. The van der Waals surface area contributed by atoms with Crippen molar-refractivity contribution in [3.05, 3.63) is 179 Å². The molecule has 0 amide bonds. The van der Waals surface area contributed by atoms with Crippen molar-refractivity contribution in [1.29, 1.82) is 0 Å². The van der Waals surface area contributed by atoms with Crippen LogP contribution >= 0.6 is 11.3 Å². The summed E-state index contributed by atoms with van der Waals surface area (Å²) in [5, 5.41) is 4.96. The van der Waals surface area contributed by atoms with Gasteiger partial charge in [-0.05, 0) is 124 Å². The van der Waals surface area contributed by atoms with Crippen LogP contribution in [-0.2, 0) is 15.3 Å². The van der Waals surface area contributed by atoms with Gasteiger partial charge in [0.1, 0.15) is 0 Å². The zero-order chi connectivity index (χ0) is 36.5. The van der Waals surface area contributed by atoms with Crippen molar-refractivity contribution in [3.8, 4) is 11.1 Å². The molecule has 0 saturated heterocycles. The van der Waals surface area contributed by atoms with E-state index in [4.69, 9.17) is 0 Å². The van der Waals surface area contributed by atoms with Gasteiger partial charge in [-0.25, -0.2) is 8.42 Å². The van der Waals surface area contributed by atoms with Gasteiger partial charge in [0.15, 0.2) is 0 Å². The van der Waals surface area contributed by atoms with Crippen molar-refractivity contribution >= 4 is 52.1 Å². The van der Waals surface area contributed by atoms with E-state index >= 15 is 0 Å². The largest absolute Gasteiger partial charge is 0.218 e. The summed E-state index contributed by atoms with van der Waals surface area (Å²) in [7, 11) is -3.75. The molecule has 13 rings (SSSR count). The molecule has 4 heteroatoms. The van der Waals surface area contributed by atoms with Gasteiger partial charge >= 0.3 is 0 Å². The molecule has 0 N–H and O–H groups in total. The Morgan fingerprint density at radius 3 is 2.04 bits per heavy atom. The Hall–Kier alpha value is -5.03. The molecule has 7 aromatic carbocycles. The lowest BCUT2D eigenvalue weighted by atomic mass is 9.42. The standard InChI is InChI=1S/C51H40O2S2/c52-55(53)47-18-6-4-16-44(47)51(39-24-31-23-32(26-39)27-40(51)25-31)45-22-21-38(30-48(45)55)49(37-20-19-33-9-1-2-10-34(33)28-37)36-12-7-11-35(29-36)41-14-8-15-43-42-13-3-5-17-46(42)54-50(41)43/h1-22,28-32,39-40,49H,23-27H2. The van der Waals surface area contributed by atoms with Crippen LogP contribution < -0.4 is 0 Å². The van der Waals surface area contributed by atoms with Crippen LogP contribution in [-0.4, -0.2) is 8.42 Å². The fourth-order valence-corrected chi connectivity index (χ4v) is 15.3. The minimum absolute atomic E-state index is 0.168. The van der Waals surface area contributed by atoms with Crippen LogP contribution in [0.2, 0.25) is 0 Å². The molecule has 4 bridgehead atoms. The summed E-state index contributed by atoms with van der Waals surface area (Å²) in [6.07, 6.45) is 6.20. The molecule has 4 aliphatic carbocycles. The molecular weight excluding hydrogens is 709 g/mol. The Morgan fingerprint density at radius 2 is 1.18 bits per heavy atom. The van der Waals surface area contributed by atoms with Gasteiger partial charge in [0, 0.05) is 31.5 Å². The topological polar surface area (TPSA) is 34.1 Å². The van der Waals surface area contributed by atoms with Crippen LogP contribution in [0.5, 0.6) is 0 Å². The van der Waals surface area contributed by atoms with Crippen molar-refractivity contribution in [3.63, 3.8) is 0 Å². The van der Waals surface area contributed by atoms with Crippen LogP contribution in [0.25, 0.3) is 42.1 Å². The molecule has 4 saturated carbocycles. The lowest BCUT2D eigenvalue weighted by Crippen LogP contribution is -2.57. The highest BCUT2D eigenvalue weighted by Crippen LogP contribution is 2.68. The Morgan fingerprint density at radius 1 is 0.527 bits per heavy atom. The SMILES string of the molecule is O=S1(=O)c2ccccc2C2(c3ccc(C(c4cccc(-c5cccc6c5sc5ccccc56)c4)c4ccc5ccccc5c4)cc31)C1CC3CC(C1)CC2C3. The highest BCUT2D eigenvalue weighted by molar-refractivity contribution is 7.91. The van der Waals surface area contributed by atoms with E-state index in [2.05, 4.69) is 140 Å². The van der Waals surface area contributed by atoms with Crippen LogP contribution in [0.3, 0.4) is 0 Å². The maximum atomic E-state index is 15.0. The monoisotopic (exact) mass is 748 g/mol. The smallest absolute Gasteiger partial charge is 0.207 e. The van der Waals surface area contributed by atoms with Crippen molar-refractivity contribution in [1.82, 2.24) is 0 Å². The van der Waals surface area contributed by atoms with Gasteiger partial charge in [-0.15, -0.1) is 11.3 Å². The number of thiophene rings is 1. The average Bonchev–Trinajstić information content (AvgIpc) is 3.60. The first kappa shape index (κ1) is 32.2. The maximum Gasteiger partial charge on any atom is 0.207 e. The summed E-state index contributed by atoms with van der Waals surface area (Å²) < 4.78 is 32.5. The second-order valence-corrected chi connectivity index (χ2v) is 19.8. The van der Waals surface area contributed by atoms with E-state index in [1.54, 1.807) is 0 Å². The van der Waals surface area contributed by atoms with E-state index in [1.165, 1.54) is 74.2 Å². The second-order valence-electron chi connectivity index (χ2n) is 16.9. The van der Waals surface area contributed by atoms with E-state index in [0.717, 1.165) is 39.7 Å². The Labute approximate surface area is 326 Å². The summed E-state index contributed by atoms with van der Waals surface area (Å²) in [4.78, 5) is 1.07. The third kappa shape index (κ3) is 4.56. The molecule has 8 aromatic rings. The zero-order valence-electron chi connectivity index (χ0n) is 30.5. The van der Waals surface area contributed by atoms with Gasteiger partial charge in [-0.2, -0.15) is 0 Å². The van der Waals surface area contributed by atoms with E-state index in [9.17, 15) is 8.42 Å². The fourth-order valence-electron chi connectivity index (χ4n) is 12.2. The van der Waals surface area contributed by atoms with Crippen LogP contribution in [0.1, 0.15) is 65.8 Å². The van der Waals surface area contributed by atoms with Gasteiger partial charge in [-0.3, -0.25) is 0 Å². The Kier molecular flexibility index (Phi) is 6.88. The van der Waals surface area contributed by atoms with E-state index < -0.39 is 9.84 Å². The molecular formula is C51H40O2S2. The van der Waals surface area contributed by atoms with Crippen molar-refractivity contribution in [2.45, 2.75) is 53.2 Å². The average molecular weight is 749 g/mol. The Bertz CT molecular complexity index is 2960. The molecule has 0 radical (unpaired) electrons. The maximum absolute atomic E-state index is 15.0. The first-order valence-corrected chi connectivity index (χ1v) is 22.2. The van der Waals surface area contributed by atoms with Crippen molar-refractivity contribution in [2.24, 2.45) is 23.7 Å². The molecule has 2 nitrogen and oxygen atoms in total. The van der Waals surface area contributed by atoms with Crippen molar-refractivity contribution in [2.75, 3.05) is 0 Å². The highest BCUT2D eigenvalue weighted by atomic mass is 32.2. The molecule has 5 aliphatic rings. The molecule has 1 atom stereocenters. The number of sulfone groups is 1. The fraction of sp³-hybridized carbons (Fsp3) is 0.216. The number of fused-ring (bicyclic) bond motifs is 6. The predicted molar refractivity (Wildman–Crippen MR) is 226 cm³/mol. The van der Waals surface area contributed by atoms with Gasteiger partial charge in [0.25, 0.3) is 0 Å². The van der Waals surface area contributed by atoms with Gasteiger partial charge in [-0.1, -0.05) is 133 Å². The van der Waals surface area contributed by atoms with Crippen LogP contribution in [0.15, 0.2) is 161 Å². The third-order valence-corrected chi connectivity index (χ3v) is 17.2. The van der Waals surface area contributed by atoms with Gasteiger partial charge < -0.3 is 0 Å². The molecule has 1 spiro atoms. The van der Waals surface area contributed by atoms with Crippen molar-refractivity contribution < 1.29 is 8.42 Å². The Balaban J connectivity index is 1.07. The summed E-state index contributed by atoms with van der Waals surface area (Å²) in [6.45, 7) is 0. The first-order chi connectivity index (χ1) is 27.0. The first-order valence-electron chi connectivity index (χ1n) is 19.9. The van der Waals surface area contributed by atoms with Crippen LogP contribution in [0, 0.1) is 23.7 Å². The minimum atomic E-state index is -3.75. The minimum Gasteiger partial charge on any atom is -0.218 e. The number of hydrogen-bond donors (Lipinski definition) is 0. The normalized spacial score (nSPS) is 25.0. The third-order valence-electron chi connectivity index (χ3n) is 14.2. The molecule has 1 aliphatic heterocycles. The molecule has 1 unspecified atom stereocenters. The van der Waals surface area contributed by atoms with E-state index in [1.807, 2.05) is 23.5 Å². The van der Waals surface area contributed by atoms with E-state index in [0.29, 0.717) is 21.6 Å². The number of benzene rings is 7. The summed E-state index contributed by atoms with van der Waals surface area (Å²) in [6, 6.07) is 54.3. The van der Waals surface area contributed by atoms with Crippen LogP contribution in [0.4, 0.5) is 0 Å². The molecule has 268 valence electrons. The lowest BCUT2D eigenvalue weighted by Gasteiger charge is -2.63. The summed E-state index contributed by atoms with van der Waals surface area (Å²) >= 11 is 1.85.